The highest BCUT2D eigenvalue weighted by atomic mass is 19.1. The molecule has 0 aromatic carbocycles. The first kappa shape index (κ1) is 13.3. The van der Waals surface area contributed by atoms with Gasteiger partial charge in [0, 0.05) is 0 Å². The lowest BCUT2D eigenvalue weighted by molar-refractivity contribution is 0.242. The highest BCUT2D eigenvalue weighted by Crippen LogP contribution is 2.45. The molecule has 2 unspecified atom stereocenters. The molecular weight excluding hydrogens is 223 g/mol. The van der Waals surface area contributed by atoms with Gasteiger partial charge in [0.1, 0.15) is 5.83 Å². The molecule has 98 valence electrons. The number of hydrogen-bond acceptors (Lipinski definition) is 0. The second-order valence-corrected chi connectivity index (χ2v) is 5.47. The highest BCUT2D eigenvalue weighted by molar-refractivity contribution is 5.26. The minimum Gasteiger partial charge on any atom is -0.207 e. The Balaban J connectivity index is 2.10. The standard InChI is InChI=1S/C17H23F/c1-2-3-7-12-17(13-10-16(18)11-14-17)15-8-5-4-6-9-15/h4-6,8,10-11,13,15H,2-3,7,9,12,14H2,1H3. The summed E-state index contributed by atoms with van der Waals surface area (Å²) in [4.78, 5) is 0. The zero-order valence-corrected chi connectivity index (χ0v) is 11.2. The number of allylic oxidation sites excluding steroid dienone is 8. The van der Waals surface area contributed by atoms with Crippen molar-refractivity contribution in [1.29, 1.82) is 0 Å². The van der Waals surface area contributed by atoms with Gasteiger partial charge in [0.15, 0.2) is 0 Å². The largest absolute Gasteiger partial charge is 0.207 e. The van der Waals surface area contributed by atoms with Crippen LogP contribution in [0.25, 0.3) is 0 Å². The van der Waals surface area contributed by atoms with E-state index in [-0.39, 0.29) is 11.2 Å². The van der Waals surface area contributed by atoms with Gasteiger partial charge in [-0.1, -0.05) is 56.6 Å². The van der Waals surface area contributed by atoms with Crippen molar-refractivity contribution in [3.8, 4) is 0 Å². The van der Waals surface area contributed by atoms with Crippen LogP contribution in [0, 0.1) is 11.3 Å². The molecule has 0 nitrogen and oxygen atoms in total. The second-order valence-electron chi connectivity index (χ2n) is 5.47. The molecule has 0 heterocycles. The summed E-state index contributed by atoms with van der Waals surface area (Å²) in [5.74, 6) is 0.455. The SMILES string of the molecule is CCCCCC1(C2C=CC=CC2)C=CC(F)=CC1. The fraction of sp³-hybridized carbons (Fsp3) is 0.529. The second kappa shape index (κ2) is 6.17. The summed E-state index contributed by atoms with van der Waals surface area (Å²) in [5, 5.41) is 0. The van der Waals surface area contributed by atoms with Crippen molar-refractivity contribution in [1.82, 2.24) is 0 Å². The first-order valence-electron chi connectivity index (χ1n) is 7.15. The van der Waals surface area contributed by atoms with E-state index in [9.17, 15) is 4.39 Å². The van der Waals surface area contributed by atoms with E-state index >= 15 is 0 Å². The lowest BCUT2D eigenvalue weighted by Gasteiger charge is -2.38. The maximum Gasteiger partial charge on any atom is 0.118 e. The Hall–Kier alpha value is -1.11. The minimum absolute atomic E-state index is 0.0727. The van der Waals surface area contributed by atoms with E-state index in [0.29, 0.717) is 5.92 Å². The Morgan fingerprint density at radius 1 is 1.33 bits per heavy atom. The van der Waals surface area contributed by atoms with Gasteiger partial charge in [-0.3, -0.25) is 0 Å². The molecule has 0 bridgehead atoms. The molecule has 0 N–H and O–H groups in total. The lowest BCUT2D eigenvalue weighted by atomic mass is 9.66. The van der Waals surface area contributed by atoms with E-state index in [2.05, 4.69) is 37.3 Å². The van der Waals surface area contributed by atoms with Crippen LogP contribution < -0.4 is 0 Å². The first-order chi connectivity index (χ1) is 8.77. The molecule has 0 aromatic rings. The maximum atomic E-state index is 13.2. The molecular formula is C17H23F. The maximum absolute atomic E-state index is 13.2. The van der Waals surface area contributed by atoms with Crippen LogP contribution >= 0.6 is 0 Å². The van der Waals surface area contributed by atoms with Crippen molar-refractivity contribution >= 4 is 0 Å². The zero-order chi connectivity index (χ0) is 12.8. The Bertz CT molecular complexity index is 386. The summed E-state index contributed by atoms with van der Waals surface area (Å²) in [5.41, 5.74) is 0.145. The predicted octanol–water partition coefficient (Wildman–Crippen LogP) is 5.50. The third-order valence-corrected chi connectivity index (χ3v) is 4.22. The quantitative estimate of drug-likeness (QED) is 0.562. The average Bonchev–Trinajstić information content (AvgIpc) is 2.43. The van der Waals surface area contributed by atoms with Crippen LogP contribution in [0.3, 0.4) is 0 Å². The van der Waals surface area contributed by atoms with Gasteiger partial charge in [0.25, 0.3) is 0 Å². The molecule has 0 saturated carbocycles. The van der Waals surface area contributed by atoms with Gasteiger partial charge in [-0.15, -0.1) is 0 Å². The number of halogens is 1. The van der Waals surface area contributed by atoms with E-state index in [4.69, 9.17) is 0 Å². The van der Waals surface area contributed by atoms with Crippen LogP contribution in [0.1, 0.15) is 45.4 Å². The van der Waals surface area contributed by atoms with E-state index in [1.54, 1.807) is 12.2 Å². The van der Waals surface area contributed by atoms with Crippen LogP contribution in [0.15, 0.2) is 48.4 Å². The van der Waals surface area contributed by atoms with Crippen molar-refractivity contribution in [2.75, 3.05) is 0 Å². The van der Waals surface area contributed by atoms with E-state index < -0.39 is 0 Å². The van der Waals surface area contributed by atoms with Gasteiger partial charge in [-0.05, 0) is 42.7 Å². The van der Waals surface area contributed by atoms with Crippen LogP contribution in [0.5, 0.6) is 0 Å². The summed E-state index contributed by atoms with van der Waals surface area (Å²) in [6.45, 7) is 2.23. The van der Waals surface area contributed by atoms with Crippen molar-refractivity contribution < 1.29 is 4.39 Å². The topological polar surface area (TPSA) is 0 Å². The monoisotopic (exact) mass is 246 g/mol. The normalized spacial score (nSPS) is 30.6. The van der Waals surface area contributed by atoms with Crippen molar-refractivity contribution in [2.24, 2.45) is 11.3 Å². The van der Waals surface area contributed by atoms with Crippen LogP contribution in [-0.2, 0) is 0 Å². The number of hydrogen-bond donors (Lipinski definition) is 0. The summed E-state index contributed by atoms with van der Waals surface area (Å²) in [6.07, 6.45) is 21.2. The third kappa shape index (κ3) is 3.01. The molecule has 1 heteroatoms. The van der Waals surface area contributed by atoms with Gasteiger partial charge in [-0.25, -0.2) is 4.39 Å². The Labute approximate surface area is 110 Å². The molecule has 18 heavy (non-hydrogen) atoms. The van der Waals surface area contributed by atoms with Crippen molar-refractivity contribution in [3.63, 3.8) is 0 Å². The van der Waals surface area contributed by atoms with E-state index in [1.807, 2.05) is 0 Å². The van der Waals surface area contributed by atoms with Crippen LogP contribution in [0.2, 0.25) is 0 Å². The molecule has 0 radical (unpaired) electrons. The first-order valence-corrected chi connectivity index (χ1v) is 7.15. The van der Waals surface area contributed by atoms with Gasteiger partial charge < -0.3 is 0 Å². The fourth-order valence-electron chi connectivity index (χ4n) is 3.03. The molecule has 0 fully saturated rings. The van der Waals surface area contributed by atoms with E-state index in [1.165, 1.54) is 25.7 Å². The average molecular weight is 246 g/mol. The predicted molar refractivity (Wildman–Crippen MR) is 75.9 cm³/mol. The molecule has 0 saturated heterocycles. The van der Waals surface area contributed by atoms with Crippen LogP contribution in [-0.4, -0.2) is 0 Å². The molecule has 2 atom stereocenters. The highest BCUT2D eigenvalue weighted by Gasteiger charge is 2.35. The third-order valence-electron chi connectivity index (χ3n) is 4.22. The zero-order valence-electron chi connectivity index (χ0n) is 11.2. The smallest absolute Gasteiger partial charge is 0.118 e. The van der Waals surface area contributed by atoms with Crippen molar-refractivity contribution in [3.05, 3.63) is 48.4 Å². The molecule has 2 aliphatic carbocycles. The molecule has 0 aromatic heterocycles. The van der Waals surface area contributed by atoms with Crippen molar-refractivity contribution in [2.45, 2.75) is 45.4 Å². The number of rotatable bonds is 5. The Morgan fingerprint density at radius 3 is 2.83 bits per heavy atom. The molecule has 0 aliphatic heterocycles. The summed E-state index contributed by atoms with van der Waals surface area (Å²) in [6, 6.07) is 0. The molecule has 2 aliphatic rings. The summed E-state index contributed by atoms with van der Waals surface area (Å²) in [7, 11) is 0. The molecule has 0 amide bonds. The molecule has 2 rings (SSSR count). The lowest BCUT2D eigenvalue weighted by Crippen LogP contribution is -2.29. The summed E-state index contributed by atoms with van der Waals surface area (Å²) < 4.78 is 13.2. The minimum atomic E-state index is -0.0727. The summed E-state index contributed by atoms with van der Waals surface area (Å²) >= 11 is 0. The van der Waals surface area contributed by atoms with E-state index in [0.717, 1.165) is 12.8 Å². The van der Waals surface area contributed by atoms with Crippen LogP contribution in [0.4, 0.5) is 4.39 Å². The Morgan fingerprint density at radius 2 is 2.22 bits per heavy atom. The van der Waals surface area contributed by atoms with Gasteiger partial charge >= 0.3 is 0 Å². The van der Waals surface area contributed by atoms with Gasteiger partial charge in [0.05, 0.1) is 0 Å². The molecule has 0 spiro atoms. The Kier molecular flexibility index (Phi) is 4.57. The number of unbranched alkanes of at least 4 members (excludes halogenated alkanes) is 2. The fourth-order valence-corrected chi connectivity index (χ4v) is 3.03. The van der Waals surface area contributed by atoms with Gasteiger partial charge in [0.2, 0.25) is 0 Å². The van der Waals surface area contributed by atoms with Gasteiger partial charge in [-0.2, -0.15) is 0 Å².